The SMILES string of the molecule is COC(=O)C(=Cc1ccc(N(c2ccccc2)c2ccccc2)cc1OC)C(=O)OC. The molecule has 0 unspecified atom stereocenters. The van der Waals surface area contributed by atoms with Crippen LogP contribution in [0.4, 0.5) is 17.1 Å². The number of ether oxygens (including phenoxy) is 3. The minimum atomic E-state index is -0.784. The Hall–Kier alpha value is -4.06. The fourth-order valence-corrected chi connectivity index (χ4v) is 3.14. The highest BCUT2D eigenvalue weighted by Crippen LogP contribution is 2.37. The standard InChI is InChI=1S/C25H23NO5/c1-29-23-17-21(15-14-18(23)16-22(24(27)30-2)25(28)31-3)26(19-10-6-4-7-11-19)20-12-8-5-9-13-20/h4-17H,1-3H3. The van der Waals surface area contributed by atoms with Crippen LogP contribution in [0.5, 0.6) is 5.75 Å². The average Bonchev–Trinajstić information content (AvgIpc) is 2.83. The van der Waals surface area contributed by atoms with Gasteiger partial charge >= 0.3 is 11.9 Å². The van der Waals surface area contributed by atoms with Gasteiger partial charge in [0.1, 0.15) is 11.3 Å². The molecule has 0 heterocycles. The van der Waals surface area contributed by atoms with E-state index in [1.807, 2.05) is 72.8 Å². The van der Waals surface area contributed by atoms with Gasteiger partial charge in [-0.1, -0.05) is 36.4 Å². The van der Waals surface area contributed by atoms with Gasteiger partial charge in [0.25, 0.3) is 0 Å². The van der Waals surface area contributed by atoms with Gasteiger partial charge in [0.15, 0.2) is 0 Å². The van der Waals surface area contributed by atoms with Crippen LogP contribution in [0, 0.1) is 0 Å². The molecular weight excluding hydrogens is 394 g/mol. The second kappa shape index (κ2) is 10.1. The number of esters is 2. The van der Waals surface area contributed by atoms with Crippen molar-refractivity contribution in [2.75, 3.05) is 26.2 Å². The fourth-order valence-electron chi connectivity index (χ4n) is 3.14. The number of carbonyl (C=O) groups excluding carboxylic acids is 2. The maximum absolute atomic E-state index is 12.0. The van der Waals surface area contributed by atoms with Gasteiger partial charge in [-0.2, -0.15) is 0 Å². The first-order valence-electron chi connectivity index (χ1n) is 9.55. The second-order valence-electron chi connectivity index (χ2n) is 6.47. The van der Waals surface area contributed by atoms with Crippen LogP contribution in [0.25, 0.3) is 6.08 Å². The van der Waals surface area contributed by atoms with Crippen LogP contribution in [0.3, 0.4) is 0 Å². The lowest BCUT2D eigenvalue weighted by molar-refractivity contribution is -0.143. The van der Waals surface area contributed by atoms with Crippen molar-refractivity contribution in [2.45, 2.75) is 0 Å². The fraction of sp³-hybridized carbons (Fsp3) is 0.120. The van der Waals surface area contributed by atoms with Gasteiger partial charge in [0.2, 0.25) is 0 Å². The molecule has 0 aliphatic heterocycles. The molecule has 0 saturated heterocycles. The summed E-state index contributed by atoms with van der Waals surface area (Å²) in [5, 5.41) is 0. The molecule has 0 saturated carbocycles. The first kappa shape index (κ1) is 21.6. The van der Waals surface area contributed by atoms with Gasteiger partial charge in [-0.3, -0.25) is 0 Å². The lowest BCUT2D eigenvalue weighted by Crippen LogP contribution is -2.15. The molecule has 0 bridgehead atoms. The number of carbonyl (C=O) groups is 2. The van der Waals surface area contributed by atoms with Crippen molar-refractivity contribution in [2.24, 2.45) is 0 Å². The molecule has 0 amide bonds. The predicted molar refractivity (Wildman–Crippen MR) is 120 cm³/mol. The number of nitrogens with zero attached hydrogens (tertiary/aromatic N) is 1. The number of para-hydroxylation sites is 2. The highest BCUT2D eigenvalue weighted by atomic mass is 16.5. The number of hydrogen-bond donors (Lipinski definition) is 0. The van der Waals surface area contributed by atoms with Crippen molar-refractivity contribution in [3.8, 4) is 5.75 Å². The molecule has 6 nitrogen and oxygen atoms in total. The predicted octanol–water partition coefficient (Wildman–Crippen LogP) is 4.89. The molecule has 6 heteroatoms. The Morgan fingerprint density at radius 3 is 1.68 bits per heavy atom. The Morgan fingerprint density at radius 1 is 0.710 bits per heavy atom. The molecule has 3 aromatic carbocycles. The van der Waals surface area contributed by atoms with Crippen LogP contribution >= 0.6 is 0 Å². The Bertz CT molecular complexity index is 1020. The summed E-state index contributed by atoms with van der Waals surface area (Å²) < 4.78 is 15.0. The first-order valence-corrected chi connectivity index (χ1v) is 9.55. The molecule has 0 radical (unpaired) electrons. The normalized spacial score (nSPS) is 10.0. The third kappa shape index (κ3) is 4.93. The Kier molecular flexibility index (Phi) is 7.06. The number of anilines is 3. The maximum Gasteiger partial charge on any atom is 0.345 e. The molecule has 0 aromatic heterocycles. The van der Waals surface area contributed by atoms with E-state index in [0.29, 0.717) is 11.3 Å². The molecule has 31 heavy (non-hydrogen) atoms. The highest BCUT2D eigenvalue weighted by molar-refractivity contribution is 6.17. The van der Waals surface area contributed by atoms with Gasteiger partial charge in [0.05, 0.1) is 21.3 Å². The van der Waals surface area contributed by atoms with Gasteiger partial charge < -0.3 is 19.1 Å². The van der Waals surface area contributed by atoms with Gasteiger partial charge in [-0.25, -0.2) is 9.59 Å². The molecule has 0 spiro atoms. The van der Waals surface area contributed by atoms with E-state index in [4.69, 9.17) is 14.2 Å². The molecule has 3 rings (SSSR count). The van der Waals surface area contributed by atoms with E-state index < -0.39 is 11.9 Å². The summed E-state index contributed by atoms with van der Waals surface area (Å²) in [6.45, 7) is 0. The topological polar surface area (TPSA) is 65.1 Å². The minimum absolute atomic E-state index is 0.223. The van der Waals surface area contributed by atoms with Crippen LogP contribution < -0.4 is 9.64 Å². The molecular formula is C25H23NO5. The summed E-state index contributed by atoms with van der Waals surface area (Å²) in [7, 11) is 3.94. The second-order valence-corrected chi connectivity index (χ2v) is 6.47. The van der Waals surface area contributed by atoms with E-state index in [0.717, 1.165) is 17.1 Å². The Morgan fingerprint density at radius 2 is 1.23 bits per heavy atom. The quantitative estimate of drug-likeness (QED) is 0.236. The third-order valence-corrected chi connectivity index (χ3v) is 4.61. The van der Waals surface area contributed by atoms with E-state index >= 15 is 0 Å². The van der Waals surface area contributed by atoms with E-state index in [1.54, 1.807) is 6.07 Å². The summed E-state index contributed by atoms with van der Waals surface area (Å²) in [6, 6.07) is 25.4. The number of methoxy groups -OCH3 is 3. The molecule has 0 aliphatic carbocycles. The zero-order valence-corrected chi connectivity index (χ0v) is 17.6. The highest BCUT2D eigenvalue weighted by Gasteiger charge is 2.21. The Balaban J connectivity index is 2.11. The summed E-state index contributed by atoms with van der Waals surface area (Å²) in [5.74, 6) is -1.08. The summed E-state index contributed by atoms with van der Waals surface area (Å²) in [4.78, 5) is 26.1. The van der Waals surface area contributed by atoms with Crippen molar-refractivity contribution in [1.82, 2.24) is 0 Å². The minimum Gasteiger partial charge on any atom is -0.496 e. The van der Waals surface area contributed by atoms with Crippen LogP contribution in [0.15, 0.2) is 84.4 Å². The molecule has 0 atom stereocenters. The largest absolute Gasteiger partial charge is 0.496 e. The van der Waals surface area contributed by atoms with Crippen molar-refractivity contribution >= 4 is 35.1 Å². The van der Waals surface area contributed by atoms with Crippen LogP contribution in [-0.4, -0.2) is 33.3 Å². The summed E-state index contributed by atoms with van der Waals surface area (Å²) in [5.41, 5.74) is 3.12. The number of hydrogen-bond acceptors (Lipinski definition) is 6. The monoisotopic (exact) mass is 417 g/mol. The van der Waals surface area contributed by atoms with Gasteiger partial charge in [-0.05, 0) is 42.5 Å². The third-order valence-electron chi connectivity index (χ3n) is 4.61. The number of rotatable bonds is 7. The average molecular weight is 417 g/mol. The van der Waals surface area contributed by atoms with Crippen molar-refractivity contribution in [3.63, 3.8) is 0 Å². The first-order chi connectivity index (χ1) is 15.1. The van der Waals surface area contributed by atoms with Crippen LogP contribution in [-0.2, 0) is 19.1 Å². The van der Waals surface area contributed by atoms with E-state index in [-0.39, 0.29) is 5.57 Å². The molecule has 158 valence electrons. The molecule has 0 aliphatic rings. The molecule has 0 N–H and O–H groups in total. The van der Waals surface area contributed by atoms with Crippen LogP contribution in [0.1, 0.15) is 5.56 Å². The molecule has 0 fully saturated rings. The van der Waals surface area contributed by atoms with Crippen molar-refractivity contribution in [1.29, 1.82) is 0 Å². The van der Waals surface area contributed by atoms with Gasteiger partial charge in [-0.15, -0.1) is 0 Å². The zero-order chi connectivity index (χ0) is 22.2. The van der Waals surface area contributed by atoms with Crippen molar-refractivity contribution < 1.29 is 23.8 Å². The van der Waals surface area contributed by atoms with Gasteiger partial charge in [0, 0.05) is 28.7 Å². The lowest BCUT2D eigenvalue weighted by atomic mass is 10.1. The van der Waals surface area contributed by atoms with E-state index in [2.05, 4.69) is 4.90 Å². The van der Waals surface area contributed by atoms with Crippen LogP contribution in [0.2, 0.25) is 0 Å². The number of benzene rings is 3. The zero-order valence-electron chi connectivity index (χ0n) is 17.6. The van der Waals surface area contributed by atoms with E-state index in [1.165, 1.54) is 27.4 Å². The summed E-state index contributed by atoms with van der Waals surface area (Å²) in [6.07, 6.45) is 1.40. The maximum atomic E-state index is 12.0. The smallest absolute Gasteiger partial charge is 0.345 e. The van der Waals surface area contributed by atoms with E-state index in [9.17, 15) is 9.59 Å². The molecule has 3 aromatic rings. The lowest BCUT2D eigenvalue weighted by Gasteiger charge is -2.26. The summed E-state index contributed by atoms with van der Waals surface area (Å²) >= 11 is 0. The van der Waals surface area contributed by atoms with Crippen molar-refractivity contribution in [3.05, 3.63) is 90.0 Å². The Labute approximate surface area is 181 Å².